The van der Waals surface area contributed by atoms with Crippen LogP contribution in [-0.2, 0) is 9.59 Å². The van der Waals surface area contributed by atoms with Crippen LogP contribution in [0.4, 0.5) is 5.69 Å². The van der Waals surface area contributed by atoms with E-state index in [0.717, 1.165) is 0 Å². The van der Waals surface area contributed by atoms with Crippen LogP contribution in [0.3, 0.4) is 0 Å². The van der Waals surface area contributed by atoms with Crippen LogP contribution >= 0.6 is 23.4 Å². The molecule has 0 saturated carbocycles. The van der Waals surface area contributed by atoms with E-state index in [4.69, 9.17) is 11.6 Å². The highest BCUT2D eigenvalue weighted by Crippen LogP contribution is 2.24. The third kappa shape index (κ3) is 4.84. The lowest BCUT2D eigenvalue weighted by atomic mass is 10.2. The van der Waals surface area contributed by atoms with Gasteiger partial charge in [-0.3, -0.25) is 9.59 Å². The first-order chi connectivity index (χ1) is 10.9. The van der Waals surface area contributed by atoms with E-state index >= 15 is 0 Å². The summed E-state index contributed by atoms with van der Waals surface area (Å²) in [5.41, 5.74) is 1.86. The minimum atomic E-state index is -0.219. The molecule has 5 nitrogen and oxygen atoms in total. The molecule has 0 aliphatic carbocycles. The van der Waals surface area contributed by atoms with Gasteiger partial charge >= 0.3 is 0 Å². The first-order valence-corrected chi connectivity index (χ1v) is 8.52. The van der Waals surface area contributed by atoms with Crippen LogP contribution in [-0.4, -0.2) is 22.7 Å². The van der Waals surface area contributed by atoms with E-state index in [0.29, 0.717) is 32.9 Å². The molecule has 23 heavy (non-hydrogen) atoms. The van der Waals surface area contributed by atoms with Crippen LogP contribution in [0.1, 0.15) is 20.8 Å². The Bertz CT molecular complexity index is 681. The molecule has 0 bridgehead atoms. The van der Waals surface area contributed by atoms with Crippen molar-refractivity contribution in [3.8, 4) is 0 Å². The molecule has 2 N–H and O–H groups in total. The Kier molecular flexibility index (Phi) is 5.85. The number of nitrogens with zero attached hydrogens (tertiary/aromatic N) is 1. The number of benzene rings is 1. The SMILES string of the molecule is CC(C(=O)Nc1ccc(Cl)cc1)=C1CSC(NC(=O)C(C)C)=N1. The zero-order chi connectivity index (χ0) is 17.0. The maximum atomic E-state index is 12.3. The van der Waals surface area contributed by atoms with Crippen molar-refractivity contribution >= 4 is 46.0 Å². The first-order valence-electron chi connectivity index (χ1n) is 7.16. The van der Waals surface area contributed by atoms with Gasteiger partial charge in [0, 0.05) is 28.0 Å². The highest BCUT2D eigenvalue weighted by molar-refractivity contribution is 8.14. The van der Waals surface area contributed by atoms with Crippen LogP contribution in [0, 0.1) is 5.92 Å². The van der Waals surface area contributed by atoms with Crippen LogP contribution in [0.5, 0.6) is 0 Å². The highest BCUT2D eigenvalue weighted by atomic mass is 35.5. The van der Waals surface area contributed by atoms with Crippen molar-refractivity contribution < 1.29 is 9.59 Å². The zero-order valence-electron chi connectivity index (χ0n) is 13.1. The molecule has 1 aromatic carbocycles. The molecule has 0 fully saturated rings. The van der Waals surface area contributed by atoms with Crippen molar-refractivity contribution in [2.75, 3.05) is 11.1 Å². The van der Waals surface area contributed by atoms with Crippen LogP contribution in [0.2, 0.25) is 5.02 Å². The molecule has 7 heteroatoms. The monoisotopic (exact) mass is 351 g/mol. The number of carbonyl (C=O) groups is 2. The summed E-state index contributed by atoms with van der Waals surface area (Å²) < 4.78 is 0. The Morgan fingerprint density at radius 1 is 1.22 bits per heavy atom. The standard InChI is InChI=1S/C16H18ClN3O2S/c1-9(2)14(21)20-16-19-13(8-23-16)10(3)15(22)18-12-6-4-11(17)5-7-12/h4-7,9H,8H2,1-3H3,(H,18,22)(H,19,20,21). The third-order valence-electron chi connectivity index (χ3n) is 3.21. The smallest absolute Gasteiger partial charge is 0.253 e. The van der Waals surface area contributed by atoms with E-state index in [1.807, 2.05) is 13.8 Å². The summed E-state index contributed by atoms with van der Waals surface area (Å²) in [6.07, 6.45) is 0. The van der Waals surface area contributed by atoms with Crippen LogP contribution < -0.4 is 10.6 Å². The number of amidine groups is 1. The molecular formula is C16H18ClN3O2S. The number of amides is 2. The van der Waals surface area contributed by atoms with Crippen molar-refractivity contribution in [1.82, 2.24) is 5.32 Å². The van der Waals surface area contributed by atoms with Crippen molar-refractivity contribution in [3.05, 3.63) is 40.6 Å². The molecule has 0 radical (unpaired) electrons. The topological polar surface area (TPSA) is 70.6 Å². The molecule has 1 aromatic rings. The number of hydrogen-bond donors (Lipinski definition) is 2. The summed E-state index contributed by atoms with van der Waals surface area (Å²) in [6, 6.07) is 6.89. The normalized spacial score (nSPS) is 16.1. The predicted molar refractivity (Wildman–Crippen MR) is 95.7 cm³/mol. The second-order valence-electron chi connectivity index (χ2n) is 5.38. The molecule has 2 rings (SSSR count). The van der Waals surface area contributed by atoms with E-state index in [2.05, 4.69) is 15.6 Å². The van der Waals surface area contributed by atoms with Gasteiger partial charge in [0.1, 0.15) is 0 Å². The van der Waals surface area contributed by atoms with Gasteiger partial charge < -0.3 is 10.6 Å². The largest absolute Gasteiger partial charge is 0.322 e. The summed E-state index contributed by atoms with van der Waals surface area (Å²) in [7, 11) is 0. The fourth-order valence-electron chi connectivity index (χ4n) is 1.72. The maximum absolute atomic E-state index is 12.3. The molecule has 1 aliphatic rings. The molecule has 0 unspecified atom stereocenters. The Morgan fingerprint density at radius 3 is 2.48 bits per heavy atom. The molecule has 0 saturated heterocycles. The second kappa shape index (κ2) is 7.66. The number of thioether (sulfide) groups is 1. The molecule has 0 aromatic heterocycles. The van der Waals surface area contributed by atoms with E-state index in [1.54, 1.807) is 31.2 Å². The number of anilines is 1. The van der Waals surface area contributed by atoms with Gasteiger partial charge in [-0.2, -0.15) is 0 Å². The summed E-state index contributed by atoms with van der Waals surface area (Å²) >= 11 is 7.23. The minimum absolute atomic E-state index is 0.0826. The van der Waals surface area contributed by atoms with E-state index in [1.165, 1.54) is 11.8 Å². The van der Waals surface area contributed by atoms with Gasteiger partial charge in [-0.15, -0.1) is 0 Å². The average Bonchev–Trinajstić information content (AvgIpc) is 2.97. The van der Waals surface area contributed by atoms with Crippen molar-refractivity contribution in [1.29, 1.82) is 0 Å². The Balaban J connectivity index is 2.05. The predicted octanol–water partition coefficient (Wildman–Crippen LogP) is 3.43. The zero-order valence-corrected chi connectivity index (χ0v) is 14.7. The fraction of sp³-hybridized carbons (Fsp3) is 0.312. The lowest BCUT2D eigenvalue weighted by Crippen LogP contribution is -2.30. The van der Waals surface area contributed by atoms with Crippen LogP contribution in [0.25, 0.3) is 0 Å². The third-order valence-corrected chi connectivity index (χ3v) is 4.35. The Morgan fingerprint density at radius 2 is 1.87 bits per heavy atom. The number of aliphatic imine (C=N–C) groups is 1. The Labute approximate surface area is 144 Å². The number of halogens is 1. The van der Waals surface area contributed by atoms with Gasteiger partial charge in [0.05, 0.1) is 5.70 Å². The summed E-state index contributed by atoms with van der Waals surface area (Å²) in [4.78, 5) is 28.3. The number of carbonyl (C=O) groups excluding carboxylic acids is 2. The van der Waals surface area contributed by atoms with Gasteiger partial charge in [-0.1, -0.05) is 37.2 Å². The average molecular weight is 352 g/mol. The maximum Gasteiger partial charge on any atom is 0.253 e. The minimum Gasteiger partial charge on any atom is -0.322 e. The molecule has 0 spiro atoms. The summed E-state index contributed by atoms with van der Waals surface area (Å²) in [5.74, 6) is 0.151. The Hall–Kier alpha value is -1.79. The van der Waals surface area contributed by atoms with Gasteiger partial charge in [0.25, 0.3) is 5.91 Å². The molecular weight excluding hydrogens is 334 g/mol. The van der Waals surface area contributed by atoms with E-state index in [9.17, 15) is 9.59 Å². The van der Waals surface area contributed by atoms with Crippen molar-refractivity contribution in [2.24, 2.45) is 10.9 Å². The molecule has 2 amide bonds. The van der Waals surface area contributed by atoms with Gasteiger partial charge in [0.2, 0.25) is 5.91 Å². The van der Waals surface area contributed by atoms with Gasteiger partial charge in [-0.05, 0) is 31.2 Å². The highest BCUT2D eigenvalue weighted by Gasteiger charge is 2.20. The summed E-state index contributed by atoms with van der Waals surface area (Å²) in [6.45, 7) is 5.35. The van der Waals surface area contributed by atoms with Crippen molar-refractivity contribution in [2.45, 2.75) is 20.8 Å². The number of nitrogens with one attached hydrogen (secondary N) is 2. The second-order valence-corrected chi connectivity index (χ2v) is 6.78. The summed E-state index contributed by atoms with van der Waals surface area (Å²) in [5, 5.41) is 6.70. The van der Waals surface area contributed by atoms with E-state index < -0.39 is 0 Å². The number of rotatable bonds is 3. The van der Waals surface area contributed by atoms with Crippen molar-refractivity contribution in [3.63, 3.8) is 0 Å². The fourth-order valence-corrected chi connectivity index (χ4v) is 2.75. The lowest BCUT2D eigenvalue weighted by Gasteiger charge is -2.06. The van der Waals surface area contributed by atoms with Gasteiger partial charge in [0.15, 0.2) is 5.17 Å². The number of hydrogen-bond acceptors (Lipinski definition) is 4. The molecule has 0 atom stereocenters. The first kappa shape index (κ1) is 17.6. The quantitative estimate of drug-likeness (QED) is 0.819. The molecule has 1 heterocycles. The van der Waals surface area contributed by atoms with Crippen LogP contribution in [0.15, 0.2) is 40.5 Å². The lowest BCUT2D eigenvalue weighted by molar-refractivity contribution is -0.122. The molecule has 1 aliphatic heterocycles. The molecule has 122 valence electrons. The van der Waals surface area contributed by atoms with E-state index in [-0.39, 0.29) is 17.7 Å². The van der Waals surface area contributed by atoms with Gasteiger partial charge in [-0.25, -0.2) is 4.99 Å².